The summed E-state index contributed by atoms with van der Waals surface area (Å²) >= 11 is 0. The van der Waals surface area contributed by atoms with Gasteiger partial charge in [0, 0.05) is 5.92 Å². The van der Waals surface area contributed by atoms with E-state index in [1.165, 1.54) is 0 Å². The van der Waals surface area contributed by atoms with Gasteiger partial charge in [0.1, 0.15) is 0 Å². The lowest BCUT2D eigenvalue weighted by Crippen LogP contribution is -2.29. The number of nitrogens with one attached hydrogen (secondary N) is 1. The molecule has 7 heteroatoms. The Balaban J connectivity index is 2.66. The van der Waals surface area contributed by atoms with Crippen LogP contribution < -0.4 is 4.72 Å². The van der Waals surface area contributed by atoms with Crippen LogP contribution in [0.25, 0.3) is 0 Å². The van der Waals surface area contributed by atoms with Gasteiger partial charge in [-0.2, -0.15) is 4.98 Å². The van der Waals surface area contributed by atoms with Gasteiger partial charge < -0.3 is 4.52 Å². The molecule has 0 radical (unpaired) electrons. The Morgan fingerprint density at radius 2 is 2.00 bits per heavy atom. The van der Waals surface area contributed by atoms with Crippen LogP contribution in [0, 0.1) is 0 Å². The molecule has 0 spiro atoms. The van der Waals surface area contributed by atoms with Crippen molar-refractivity contribution in [2.75, 3.05) is 5.75 Å². The Bertz CT molecular complexity index is 468. The summed E-state index contributed by atoms with van der Waals surface area (Å²) < 4.78 is 31.0. The summed E-state index contributed by atoms with van der Waals surface area (Å²) in [5.41, 5.74) is 0. The second kappa shape index (κ2) is 6.29. The van der Waals surface area contributed by atoms with Crippen LogP contribution in [0.15, 0.2) is 4.52 Å². The van der Waals surface area contributed by atoms with E-state index in [4.69, 9.17) is 4.52 Å². The van der Waals surface area contributed by atoms with Crippen molar-refractivity contribution in [2.24, 2.45) is 0 Å². The lowest BCUT2D eigenvalue weighted by molar-refractivity contribution is 0.348. The van der Waals surface area contributed by atoms with Crippen LogP contribution in [0.2, 0.25) is 0 Å². The molecule has 1 rings (SSSR count). The van der Waals surface area contributed by atoms with Crippen LogP contribution in [0.4, 0.5) is 0 Å². The maximum Gasteiger partial charge on any atom is 0.244 e. The molecule has 0 aliphatic heterocycles. The number of unbranched alkanes of at least 4 members (excludes halogenated alkanes) is 1. The van der Waals surface area contributed by atoms with E-state index < -0.39 is 16.1 Å². The Morgan fingerprint density at radius 3 is 2.50 bits per heavy atom. The first-order chi connectivity index (χ1) is 8.35. The highest BCUT2D eigenvalue weighted by Crippen LogP contribution is 2.15. The molecule has 0 aromatic carbocycles. The largest absolute Gasteiger partial charge is 0.338 e. The van der Waals surface area contributed by atoms with Gasteiger partial charge in [0.05, 0.1) is 11.8 Å². The molecule has 0 aliphatic rings. The highest BCUT2D eigenvalue weighted by atomic mass is 32.2. The van der Waals surface area contributed by atoms with Crippen LogP contribution >= 0.6 is 0 Å². The van der Waals surface area contributed by atoms with Gasteiger partial charge in [-0.1, -0.05) is 32.3 Å². The first-order valence-electron chi connectivity index (χ1n) is 6.19. The second-order valence-corrected chi connectivity index (χ2v) is 6.53. The molecule has 18 heavy (non-hydrogen) atoms. The molecule has 1 aromatic heterocycles. The fourth-order valence-corrected chi connectivity index (χ4v) is 2.80. The van der Waals surface area contributed by atoms with Gasteiger partial charge in [-0.25, -0.2) is 13.1 Å². The molecule has 1 atom stereocenters. The average Bonchev–Trinajstić information content (AvgIpc) is 2.75. The SMILES string of the molecule is CCCCS(=O)(=O)NC(C)c1nc(C(C)C)no1. The molecular weight excluding hydrogens is 254 g/mol. The molecule has 6 nitrogen and oxygen atoms in total. The molecule has 1 heterocycles. The third-order valence-corrected chi connectivity index (χ3v) is 4.01. The lowest BCUT2D eigenvalue weighted by Gasteiger charge is -2.09. The number of aromatic nitrogens is 2. The fourth-order valence-electron chi connectivity index (χ4n) is 1.37. The Hall–Kier alpha value is -0.950. The zero-order valence-electron chi connectivity index (χ0n) is 11.3. The molecule has 1 aromatic rings. The third kappa shape index (κ3) is 4.38. The number of nitrogens with zero attached hydrogens (tertiary/aromatic N) is 2. The van der Waals surface area contributed by atoms with E-state index in [0.29, 0.717) is 18.1 Å². The van der Waals surface area contributed by atoms with Crippen LogP contribution in [0.1, 0.15) is 64.2 Å². The summed E-state index contributed by atoms with van der Waals surface area (Å²) in [5.74, 6) is 1.17. The quantitative estimate of drug-likeness (QED) is 0.822. The van der Waals surface area contributed by atoms with Crippen molar-refractivity contribution in [1.29, 1.82) is 0 Å². The van der Waals surface area contributed by atoms with Crippen LogP contribution in [0.5, 0.6) is 0 Å². The standard InChI is InChI=1S/C11H21N3O3S/c1-5-6-7-18(15,16)14-9(4)11-12-10(8(2)3)13-17-11/h8-9,14H,5-7H2,1-4H3. The summed E-state index contributed by atoms with van der Waals surface area (Å²) in [5, 5.41) is 3.81. The Labute approximate surface area is 108 Å². The second-order valence-electron chi connectivity index (χ2n) is 4.66. The Morgan fingerprint density at radius 1 is 1.33 bits per heavy atom. The van der Waals surface area contributed by atoms with E-state index in [-0.39, 0.29) is 11.7 Å². The number of hydrogen-bond donors (Lipinski definition) is 1. The maximum atomic E-state index is 11.7. The minimum absolute atomic E-state index is 0.124. The van der Waals surface area contributed by atoms with Gasteiger partial charge >= 0.3 is 0 Å². The molecule has 1 N–H and O–H groups in total. The number of sulfonamides is 1. The summed E-state index contributed by atoms with van der Waals surface area (Å²) in [7, 11) is -3.28. The summed E-state index contributed by atoms with van der Waals surface area (Å²) in [6, 6.07) is -0.494. The molecule has 0 saturated heterocycles. The van der Waals surface area contributed by atoms with Gasteiger partial charge in [0.2, 0.25) is 15.9 Å². The first-order valence-corrected chi connectivity index (χ1v) is 7.84. The van der Waals surface area contributed by atoms with Crippen molar-refractivity contribution in [2.45, 2.75) is 52.5 Å². The zero-order valence-corrected chi connectivity index (χ0v) is 12.1. The molecule has 0 saturated carbocycles. The lowest BCUT2D eigenvalue weighted by atomic mass is 10.2. The normalized spacial score (nSPS) is 14.1. The molecule has 0 aliphatic carbocycles. The molecule has 1 unspecified atom stereocenters. The summed E-state index contributed by atoms with van der Waals surface area (Å²) in [4.78, 5) is 4.17. The van der Waals surface area contributed by atoms with Crippen LogP contribution in [0.3, 0.4) is 0 Å². The van der Waals surface area contributed by atoms with Crippen molar-refractivity contribution in [3.63, 3.8) is 0 Å². The minimum Gasteiger partial charge on any atom is -0.338 e. The highest BCUT2D eigenvalue weighted by Gasteiger charge is 2.20. The maximum absolute atomic E-state index is 11.7. The minimum atomic E-state index is -3.28. The van der Waals surface area contributed by atoms with Crippen molar-refractivity contribution in [3.8, 4) is 0 Å². The van der Waals surface area contributed by atoms with Crippen molar-refractivity contribution < 1.29 is 12.9 Å². The van der Waals surface area contributed by atoms with Gasteiger partial charge in [0.25, 0.3) is 0 Å². The van der Waals surface area contributed by atoms with E-state index in [1.807, 2.05) is 20.8 Å². The van der Waals surface area contributed by atoms with E-state index in [9.17, 15) is 8.42 Å². The van der Waals surface area contributed by atoms with Crippen LogP contribution in [-0.2, 0) is 10.0 Å². The molecule has 104 valence electrons. The van der Waals surface area contributed by atoms with Crippen molar-refractivity contribution >= 4 is 10.0 Å². The van der Waals surface area contributed by atoms with E-state index >= 15 is 0 Å². The van der Waals surface area contributed by atoms with Gasteiger partial charge in [-0.15, -0.1) is 0 Å². The molecule has 0 fully saturated rings. The number of hydrogen-bond acceptors (Lipinski definition) is 5. The smallest absolute Gasteiger partial charge is 0.244 e. The third-order valence-electron chi connectivity index (χ3n) is 2.47. The van der Waals surface area contributed by atoms with Crippen molar-refractivity contribution in [3.05, 3.63) is 11.7 Å². The van der Waals surface area contributed by atoms with Gasteiger partial charge in [-0.05, 0) is 13.3 Å². The monoisotopic (exact) mass is 275 g/mol. The highest BCUT2D eigenvalue weighted by molar-refractivity contribution is 7.89. The summed E-state index contributed by atoms with van der Waals surface area (Å²) in [6.07, 6.45) is 1.48. The van der Waals surface area contributed by atoms with E-state index in [2.05, 4.69) is 14.9 Å². The van der Waals surface area contributed by atoms with E-state index in [0.717, 1.165) is 6.42 Å². The Kier molecular flexibility index (Phi) is 5.28. The topological polar surface area (TPSA) is 85.1 Å². The average molecular weight is 275 g/mol. The summed E-state index contributed by atoms with van der Waals surface area (Å²) in [6.45, 7) is 7.54. The van der Waals surface area contributed by atoms with Gasteiger partial charge in [0.15, 0.2) is 5.82 Å². The molecule has 0 bridgehead atoms. The van der Waals surface area contributed by atoms with E-state index in [1.54, 1.807) is 6.92 Å². The zero-order chi connectivity index (χ0) is 13.8. The predicted octanol–water partition coefficient (Wildman–Crippen LogP) is 1.97. The number of rotatable bonds is 7. The van der Waals surface area contributed by atoms with Gasteiger partial charge in [-0.3, -0.25) is 0 Å². The first kappa shape index (κ1) is 15.1. The molecule has 0 amide bonds. The van der Waals surface area contributed by atoms with Crippen molar-refractivity contribution in [1.82, 2.24) is 14.9 Å². The molecular formula is C11H21N3O3S. The fraction of sp³-hybridized carbons (Fsp3) is 0.818. The predicted molar refractivity (Wildman–Crippen MR) is 68.6 cm³/mol. The van der Waals surface area contributed by atoms with Crippen LogP contribution in [-0.4, -0.2) is 24.3 Å².